The summed E-state index contributed by atoms with van der Waals surface area (Å²) >= 11 is 0. The van der Waals surface area contributed by atoms with E-state index >= 15 is 0 Å². The first-order valence-corrected chi connectivity index (χ1v) is 6.96. The molecule has 0 bridgehead atoms. The molecule has 0 aliphatic carbocycles. The zero-order chi connectivity index (χ0) is 15.1. The quantitative estimate of drug-likeness (QED) is 0.857. The minimum atomic E-state index is -0.274. The fourth-order valence-corrected chi connectivity index (χ4v) is 1.94. The molecule has 4 heteroatoms. The van der Waals surface area contributed by atoms with Crippen molar-refractivity contribution in [2.45, 2.75) is 13.3 Å². The van der Waals surface area contributed by atoms with Crippen LogP contribution in [-0.4, -0.2) is 19.0 Å². The Hall–Kier alpha value is -2.36. The lowest BCUT2D eigenvalue weighted by Crippen LogP contribution is -2.31. The number of carbonyl (C=O) groups is 1. The summed E-state index contributed by atoms with van der Waals surface area (Å²) in [6, 6.07) is 14.8. The van der Waals surface area contributed by atoms with E-state index in [0.29, 0.717) is 17.8 Å². The van der Waals surface area contributed by atoms with Crippen molar-refractivity contribution in [2.75, 3.05) is 18.4 Å². The molecule has 1 amide bonds. The minimum Gasteiger partial charge on any atom is -0.376 e. The number of aryl methyl sites for hydroxylation is 1. The van der Waals surface area contributed by atoms with E-state index in [1.54, 1.807) is 19.1 Å². The normalized spacial score (nSPS) is 10.2. The second kappa shape index (κ2) is 7.43. The Balaban J connectivity index is 1.71. The first-order chi connectivity index (χ1) is 10.1. The molecule has 0 atom stereocenters. The third-order valence-electron chi connectivity index (χ3n) is 3.20. The van der Waals surface area contributed by atoms with Crippen LogP contribution in [0, 0.1) is 12.7 Å². The van der Waals surface area contributed by atoms with Crippen molar-refractivity contribution in [3.63, 3.8) is 0 Å². The Morgan fingerprint density at radius 3 is 2.62 bits per heavy atom. The van der Waals surface area contributed by atoms with Crippen molar-refractivity contribution in [3.05, 3.63) is 65.5 Å². The number of rotatable bonds is 6. The molecule has 0 fully saturated rings. The lowest BCUT2D eigenvalue weighted by atomic mass is 10.1. The van der Waals surface area contributed by atoms with E-state index in [4.69, 9.17) is 0 Å². The molecule has 2 rings (SSSR count). The smallest absolute Gasteiger partial charge is 0.239 e. The predicted molar refractivity (Wildman–Crippen MR) is 82.8 cm³/mol. The third kappa shape index (κ3) is 4.91. The number of carbonyl (C=O) groups excluding carboxylic acids is 1. The number of hydrogen-bond donors (Lipinski definition) is 2. The van der Waals surface area contributed by atoms with Gasteiger partial charge in [-0.05, 0) is 36.6 Å². The van der Waals surface area contributed by atoms with E-state index in [9.17, 15) is 9.18 Å². The summed E-state index contributed by atoms with van der Waals surface area (Å²) in [6.07, 6.45) is 0.797. The third-order valence-corrected chi connectivity index (χ3v) is 3.20. The van der Waals surface area contributed by atoms with Crippen LogP contribution in [0.2, 0.25) is 0 Å². The molecule has 0 aliphatic rings. The van der Waals surface area contributed by atoms with Crippen molar-refractivity contribution in [1.82, 2.24) is 5.32 Å². The van der Waals surface area contributed by atoms with Gasteiger partial charge in [0.2, 0.25) is 5.91 Å². The van der Waals surface area contributed by atoms with Crippen molar-refractivity contribution in [3.8, 4) is 0 Å². The van der Waals surface area contributed by atoms with Crippen molar-refractivity contribution in [1.29, 1.82) is 0 Å². The highest BCUT2D eigenvalue weighted by Crippen LogP contribution is 2.12. The number of nitrogens with one attached hydrogen (secondary N) is 2. The summed E-state index contributed by atoms with van der Waals surface area (Å²) in [7, 11) is 0. The van der Waals surface area contributed by atoms with Crippen LogP contribution in [-0.2, 0) is 11.2 Å². The number of anilines is 1. The Morgan fingerprint density at radius 2 is 1.90 bits per heavy atom. The van der Waals surface area contributed by atoms with Crippen LogP contribution >= 0.6 is 0 Å². The van der Waals surface area contributed by atoms with Crippen LogP contribution in [0.25, 0.3) is 0 Å². The van der Waals surface area contributed by atoms with Crippen LogP contribution in [0.3, 0.4) is 0 Å². The summed E-state index contributed by atoms with van der Waals surface area (Å²) in [5.41, 5.74) is 2.38. The van der Waals surface area contributed by atoms with Crippen molar-refractivity contribution < 1.29 is 9.18 Å². The van der Waals surface area contributed by atoms with E-state index in [1.165, 1.54) is 11.6 Å². The molecule has 0 heterocycles. The summed E-state index contributed by atoms with van der Waals surface area (Å²) in [4.78, 5) is 11.7. The summed E-state index contributed by atoms with van der Waals surface area (Å²) in [5.74, 6) is -0.378. The monoisotopic (exact) mass is 286 g/mol. The second-order valence-electron chi connectivity index (χ2n) is 4.90. The Kier molecular flexibility index (Phi) is 5.32. The summed E-state index contributed by atoms with van der Waals surface area (Å²) in [6.45, 7) is 2.43. The van der Waals surface area contributed by atoms with Gasteiger partial charge in [0.1, 0.15) is 5.82 Å². The molecule has 0 aromatic heterocycles. The molecule has 0 saturated heterocycles. The maximum atomic E-state index is 13.4. The number of benzene rings is 2. The van der Waals surface area contributed by atoms with Crippen LogP contribution < -0.4 is 10.6 Å². The van der Waals surface area contributed by atoms with Gasteiger partial charge in [-0.3, -0.25) is 4.79 Å². The van der Waals surface area contributed by atoms with Gasteiger partial charge >= 0.3 is 0 Å². The first kappa shape index (κ1) is 15.0. The SMILES string of the molecule is Cc1ccc(NCC(=O)NCCc2ccccc2)cc1F. The van der Waals surface area contributed by atoms with Gasteiger partial charge in [0.05, 0.1) is 6.54 Å². The number of amides is 1. The lowest BCUT2D eigenvalue weighted by molar-refractivity contribution is -0.119. The number of hydrogen-bond acceptors (Lipinski definition) is 2. The second-order valence-corrected chi connectivity index (χ2v) is 4.90. The zero-order valence-corrected chi connectivity index (χ0v) is 12.0. The fraction of sp³-hybridized carbons (Fsp3) is 0.235. The fourth-order valence-electron chi connectivity index (χ4n) is 1.94. The maximum absolute atomic E-state index is 13.4. The highest BCUT2D eigenvalue weighted by Gasteiger charge is 2.03. The molecular formula is C17H19FN2O. The highest BCUT2D eigenvalue weighted by molar-refractivity contribution is 5.80. The van der Waals surface area contributed by atoms with E-state index in [0.717, 1.165) is 6.42 Å². The van der Waals surface area contributed by atoms with Crippen LogP contribution in [0.1, 0.15) is 11.1 Å². The molecule has 21 heavy (non-hydrogen) atoms. The summed E-state index contributed by atoms with van der Waals surface area (Å²) < 4.78 is 13.4. The Labute approximate surface area is 124 Å². The van der Waals surface area contributed by atoms with E-state index in [-0.39, 0.29) is 18.3 Å². The molecule has 0 spiro atoms. The number of halogens is 1. The molecule has 2 aromatic carbocycles. The van der Waals surface area contributed by atoms with Crippen LogP contribution in [0.4, 0.5) is 10.1 Å². The van der Waals surface area contributed by atoms with Gasteiger partial charge in [-0.15, -0.1) is 0 Å². The standard InChI is InChI=1S/C17H19FN2O/c1-13-7-8-15(11-16(13)18)20-12-17(21)19-10-9-14-5-3-2-4-6-14/h2-8,11,20H,9-10,12H2,1H3,(H,19,21). The average molecular weight is 286 g/mol. The van der Waals surface area contributed by atoms with Gasteiger partial charge in [-0.2, -0.15) is 0 Å². The molecule has 0 unspecified atom stereocenters. The van der Waals surface area contributed by atoms with Gasteiger partial charge in [0, 0.05) is 12.2 Å². The molecule has 3 nitrogen and oxygen atoms in total. The van der Waals surface area contributed by atoms with Crippen LogP contribution in [0.5, 0.6) is 0 Å². The topological polar surface area (TPSA) is 41.1 Å². The highest BCUT2D eigenvalue weighted by atomic mass is 19.1. The van der Waals surface area contributed by atoms with E-state index in [1.807, 2.05) is 30.3 Å². The van der Waals surface area contributed by atoms with Gasteiger partial charge in [0.15, 0.2) is 0 Å². The van der Waals surface area contributed by atoms with Gasteiger partial charge < -0.3 is 10.6 Å². The van der Waals surface area contributed by atoms with Crippen molar-refractivity contribution >= 4 is 11.6 Å². The molecule has 0 radical (unpaired) electrons. The molecule has 0 saturated carbocycles. The Morgan fingerprint density at radius 1 is 1.14 bits per heavy atom. The lowest BCUT2D eigenvalue weighted by Gasteiger charge is -2.08. The first-order valence-electron chi connectivity index (χ1n) is 6.96. The molecular weight excluding hydrogens is 267 g/mol. The van der Waals surface area contributed by atoms with Gasteiger partial charge in [-0.25, -0.2) is 4.39 Å². The average Bonchev–Trinajstić information content (AvgIpc) is 2.49. The zero-order valence-electron chi connectivity index (χ0n) is 12.0. The van der Waals surface area contributed by atoms with Gasteiger partial charge in [0.25, 0.3) is 0 Å². The summed E-state index contributed by atoms with van der Waals surface area (Å²) in [5, 5.41) is 5.74. The Bertz CT molecular complexity index is 599. The molecule has 2 N–H and O–H groups in total. The van der Waals surface area contributed by atoms with E-state index < -0.39 is 0 Å². The molecule has 0 aliphatic heterocycles. The van der Waals surface area contributed by atoms with E-state index in [2.05, 4.69) is 10.6 Å². The molecule has 2 aromatic rings. The predicted octanol–water partition coefficient (Wildman–Crippen LogP) is 2.90. The van der Waals surface area contributed by atoms with Crippen LogP contribution in [0.15, 0.2) is 48.5 Å². The van der Waals surface area contributed by atoms with Gasteiger partial charge in [-0.1, -0.05) is 36.4 Å². The maximum Gasteiger partial charge on any atom is 0.239 e. The minimum absolute atomic E-state index is 0.105. The van der Waals surface area contributed by atoms with Crippen molar-refractivity contribution in [2.24, 2.45) is 0 Å². The largest absolute Gasteiger partial charge is 0.376 e. The molecule has 110 valence electrons.